The summed E-state index contributed by atoms with van der Waals surface area (Å²) < 4.78 is 13.8. The fourth-order valence-corrected chi connectivity index (χ4v) is 5.13. The molecule has 1 N–H and O–H groups in total. The number of carbonyl (C=O) groups is 1. The second-order valence-electron chi connectivity index (χ2n) is 8.63. The minimum absolute atomic E-state index is 0.0562. The first-order valence-corrected chi connectivity index (χ1v) is 10.4. The van der Waals surface area contributed by atoms with E-state index in [0.29, 0.717) is 11.5 Å². The van der Waals surface area contributed by atoms with E-state index in [4.69, 9.17) is 5.26 Å². The summed E-state index contributed by atoms with van der Waals surface area (Å²) in [4.78, 5) is 17.1. The van der Waals surface area contributed by atoms with Crippen molar-refractivity contribution in [1.82, 2.24) is 4.98 Å². The van der Waals surface area contributed by atoms with Crippen molar-refractivity contribution < 1.29 is 9.18 Å². The number of pyridine rings is 1. The van der Waals surface area contributed by atoms with Crippen LogP contribution in [0.25, 0.3) is 10.9 Å². The van der Waals surface area contributed by atoms with Gasteiger partial charge in [0.1, 0.15) is 5.82 Å². The number of fused-ring (bicyclic) bond motifs is 1. The summed E-state index contributed by atoms with van der Waals surface area (Å²) in [5.74, 6) is 0.284. The zero-order chi connectivity index (χ0) is 20.7. The maximum Gasteiger partial charge on any atom is 0.228 e. The van der Waals surface area contributed by atoms with Gasteiger partial charge in [0, 0.05) is 23.2 Å². The van der Waals surface area contributed by atoms with Crippen molar-refractivity contribution in [3.63, 3.8) is 0 Å². The molecule has 150 valence electrons. The molecule has 3 aromatic rings. The largest absolute Gasteiger partial charge is 0.326 e. The van der Waals surface area contributed by atoms with Gasteiger partial charge in [-0.3, -0.25) is 9.78 Å². The highest BCUT2D eigenvalue weighted by molar-refractivity contribution is 5.95. The van der Waals surface area contributed by atoms with Crippen LogP contribution in [0.4, 0.5) is 10.1 Å². The van der Waals surface area contributed by atoms with Crippen molar-refractivity contribution in [3.8, 4) is 6.07 Å². The Labute approximate surface area is 174 Å². The second kappa shape index (κ2) is 7.21. The Balaban J connectivity index is 1.25. The fraction of sp³-hybridized carbons (Fsp3) is 0.320. The number of hydrogen-bond acceptors (Lipinski definition) is 3. The van der Waals surface area contributed by atoms with E-state index in [1.165, 1.54) is 11.6 Å². The van der Waals surface area contributed by atoms with Gasteiger partial charge in [-0.2, -0.15) is 5.26 Å². The molecule has 5 rings (SSSR count). The van der Waals surface area contributed by atoms with Gasteiger partial charge in [0.2, 0.25) is 5.91 Å². The smallest absolute Gasteiger partial charge is 0.228 e. The van der Waals surface area contributed by atoms with Crippen molar-refractivity contribution in [3.05, 3.63) is 71.7 Å². The van der Waals surface area contributed by atoms with Crippen LogP contribution >= 0.6 is 0 Å². The van der Waals surface area contributed by atoms with Crippen LogP contribution in [0, 0.1) is 28.5 Å². The average Bonchev–Trinajstić information content (AvgIpc) is 3.48. The molecule has 2 aliphatic carbocycles. The first kappa shape index (κ1) is 18.7. The molecule has 1 amide bonds. The molecular formula is C25H22FN3O. The molecule has 4 nitrogen and oxygen atoms in total. The zero-order valence-corrected chi connectivity index (χ0v) is 16.6. The third-order valence-electron chi connectivity index (χ3n) is 6.95. The lowest BCUT2D eigenvalue weighted by molar-refractivity contribution is -0.118. The number of halogens is 1. The predicted octanol–water partition coefficient (Wildman–Crippen LogP) is 5.55. The first-order chi connectivity index (χ1) is 14.6. The number of aromatic nitrogens is 1. The third kappa shape index (κ3) is 3.33. The highest BCUT2D eigenvalue weighted by Gasteiger charge is 2.58. The molecule has 0 unspecified atom stereocenters. The number of nitrogens with one attached hydrogen (secondary N) is 1. The zero-order valence-electron chi connectivity index (χ0n) is 16.6. The minimum atomic E-state index is -0.231. The van der Waals surface area contributed by atoms with Gasteiger partial charge in [0.15, 0.2) is 0 Å². The van der Waals surface area contributed by atoms with E-state index < -0.39 is 0 Å². The Morgan fingerprint density at radius 1 is 1.13 bits per heavy atom. The van der Waals surface area contributed by atoms with Crippen molar-refractivity contribution >= 4 is 22.5 Å². The molecule has 2 fully saturated rings. The monoisotopic (exact) mass is 399 g/mol. The lowest BCUT2D eigenvalue weighted by atomic mass is 9.75. The Hall–Kier alpha value is -3.26. The summed E-state index contributed by atoms with van der Waals surface area (Å²) in [7, 11) is 0. The number of benzene rings is 2. The molecule has 2 saturated carbocycles. The molecular weight excluding hydrogens is 377 g/mol. The van der Waals surface area contributed by atoms with E-state index in [2.05, 4.69) is 16.4 Å². The summed E-state index contributed by atoms with van der Waals surface area (Å²) >= 11 is 0. The van der Waals surface area contributed by atoms with Crippen molar-refractivity contribution in [2.24, 2.45) is 11.3 Å². The van der Waals surface area contributed by atoms with Crippen molar-refractivity contribution in [1.29, 1.82) is 5.26 Å². The molecule has 2 aromatic carbocycles. The molecule has 0 radical (unpaired) electrons. The molecule has 0 saturated heterocycles. The Morgan fingerprint density at radius 2 is 1.90 bits per heavy atom. The van der Waals surface area contributed by atoms with Gasteiger partial charge >= 0.3 is 0 Å². The molecule has 1 spiro atoms. The maximum absolute atomic E-state index is 13.8. The topological polar surface area (TPSA) is 65.8 Å². The maximum atomic E-state index is 13.8. The van der Waals surface area contributed by atoms with Crippen LogP contribution < -0.4 is 5.32 Å². The van der Waals surface area contributed by atoms with E-state index in [1.54, 1.807) is 36.4 Å². The molecule has 1 heterocycles. The summed E-state index contributed by atoms with van der Waals surface area (Å²) in [6.07, 6.45) is 6.80. The molecule has 30 heavy (non-hydrogen) atoms. The number of nitrogens with zero attached hydrogens (tertiary/aromatic N) is 2. The molecule has 5 heteroatoms. The van der Waals surface area contributed by atoms with Gasteiger partial charge in [-0.1, -0.05) is 0 Å². The molecule has 0 bridgehead atoms. The van der Waals surface area contributed by atoms with Crippen LogP contribution in [0.5, 0.6) is 0 Å². The highest BCUT2D eigenvalue weighted by Crippen LogP contribution is 2.63. The molecule has 2 aliphatic rings. The summed E-state index contributed by atoms with van der Waals surface area (Å²) in [5.41, 5.74) is 3.44. The quantitative estimate of drug-likeness (QED) is 0.628. The normalized spacial score (nSPS) is 25.1. The van der Waals surface area contributed by atoms with Crippen LogP contribution in [0.1, 0.15) is 49.1 Å². The van der Waals surface area contributed by atoms with Gasteiger partial charge in [-0.15, -0.1) is 0 Å². The summed E-state index contributed by atoms with van der Waals surface area (Å²) in [5, 5.41) is 12.8. The van der Waals surface area contributed by atoms with Gasteiger partial charge in [0.25, 0.3) is 0 Å². The Morgan fingerprint density at radius 3 is 2.63 bits per heavy atom. The number of nitriles is 1. The van der Waals surface area contributed by atoms with Crippen LogP contribution in [0.3, 0.4) is 0 Å². The predicted molar refractivity (Wildman–Crippen MR) is 113 cm³/mol. The van der Waals surface area contributed by atoms with Gasteiger partial charge < -0.3 is 5.32 Å². The number of anilines is 1. The van der Waals surface area contributed by atoms with Crippen molar-refractivity contribution in [2.75, 3.05) is 5.32 Å². The highest BCUT2D eigenvalue weighted by atomic mass is 19.1. The number of carbonyl (C=O) groups excluding carboxylic acids is 1. The fourth-order valence-electron chi connectivity index (χ4n) is 5.13. The van der Waals surface area contributed by atoms with E-state index in [1.807, 2.05) is 12.3 Å². The van der Waals surface area contributed by atoms with Gasteiger partial charge in [0.05, 0.1) is 17.1 Å². The van der Waals surface area contributed by atoms with Crippen molar-refractivity contribution in [2.45, 2.75) is 38.0 Å². The molecule has 0 aliphatic heterocycles. The van der Waals surface area contributed by atoms with E-state index in [0.717, 1.165) is 48.7 Å². The lowest BCUT2D eigenvalue weighted by Crippen LogP contribution is -2.22. The lowest BCUT2D eigenvalue weighted by Gasteiger charge is -2.30. The van der Waals surface area contributed by atoms with E-state index in [9.17, 15) is 9.18 Å². The van der Waals surface area contributed by atoms with Gasteiger partial charge in [-0.25, -0.2) is 4.39 Å². The van der Waals surface area contributed by atoms with Crippen LogP contribution in [-0.2, 0) is 4.79 Å². The van der Waals surface area contributed by atoms with Gasteiger partial charge in [-0.05, 0) is 97.5 Å². The molecule has 1 aromatic heterocycles. The van der Waals surface area contributed by atoms with Crippen LogP contribution in [0.15, 0.2) is 54.7 Å². The molecule has 1 atom stereocenters. The Bertz CT molecular complexity index is 1160. The van der Waals surface area contributed by atoms with Crippen LogP contribution in [-0.4, -0.2) is 10.9 Å². The third-order valence-corrected chi connectivity index (χ3v) is 6.95. The average molecular weight is 399 g/mol. The summed E-state index contributed by atoms with van der Waals surface area (Å²) in [6, 6.07) is 15.9. The number of amides is 1. The first-order valence-electron chi connectivity index (χ1n) is 10.4. The summed E-state index contributed by atoms with van der Waals surface area (Å²) in [6.45, 7) is 0. The minimum Gasteiger partial charge on any atom is -0.326 e. The second-order valence-corrected chi connectivity index (χ2v) is 8.63. The van der Waals surface area contributed by atoms with E-state index >= 15 is 0 Å². The van der Waals surface area contributed by atoms with Crippen LogP contribution in [0.2, 0.25) is 0 Å². The standard InChI is InChI=1S/C25H22FN3O/c26-18-3-6-23-21(13-18)20(9-12-28-23)17-7-10-25(11-8-17)14-22(25)24(30)29-19-4-1-16(15-27)2-5-19/h1-6,9,12-13,17,22H,7-8,10-11,14H2,(H,29,30)/t17-,22-,25+/m1/s1. The van der Waals surface area contributed by atoms with E-state index in [-0.39, 0.29) is 23.1 Å². The number of hydrogen-bond donors (Lipinski definition) is 1. The SMILES string of the molecule is N#Cc1ccc(NC(=O)[C@H]2C[C@]23CC[C@H](c2ccnc4ccc(F)cc42)CC3)cc1. The Kier molecular flexibility index (Phi) is 4.51. The number of rotatable bonds is 3.